The molecule has 1 heteroatoms. The second kappa shape index (κ2) is 8.34. The molecule has 0 fully saturated rings. The highest BCUT2D eigenvalue weighted by atomic mass is 16.5. The van der Waals surface area contributed by atoms with Gasteiger partial charge in [0.15, 0.2) is 0 Å². The third-order valence-electron chi connectivity index (χ3n) is 2.45. The van der Waals surface area contributed by atoms with Gasteiger partial charge in [-0.2, -0.15) is 0 Å². The van der Waals surface area contributed by atoms with Gasteiger partial charge >= 0.3 is 0 Å². The molecule has 0 spiro atoms. The molecule has 1 aromatic carbocycles. The topological polar surface area (TPSA) is 9.23 Å². The van der Waals surface area contributed by atoms with E-state index < -0.39 is 0 Å². The fraction of sp³-hybridized carbons (Fsp3) is 0.571. The molecule has 0 saturated heterocycles. The summed E-state index contributed by atoms with van der Waals surface area (Å²) >= 11 is 0. The second-order valence-corrected chi connectivity index (χ2v) is 3.85. The highest BCUT2D eigenvalue weighted by molar-refractivity contribution is 5.20. The summed E-state index contributed by atoms with van der Waals surface area (Å²) in [4.78, 5) is 0. The van der Waals surface area contributed by atoms with Gasteiger partial charge in [0.1, 0.15) is 5.75 Å². The number of para-hydroxylation sites is 1. The molecule has 0 amide bonds. The van der Waals surface area contributed by atoms with Crippen molar-refractivity contribution in [2.24, 2.45) is 0 Å². The van der Waals surface area contributed by atoms with Gasteiger partial charge < -0.3 is 4.74 Å². The number of hydrogen-bond donors (Lipinski definition) is 0. The van der Waals surface area contributed by atoms with E-state index in [4.69, 9.17) is 6.11 Å². The lowest BCUT2D eigenvalue weighted by molar-refractivity contribution is 0.304. The van der Waals surface area contributed by atoms with Crippen LogP contribution < -0.4 is 4.74 Å². The Morgan fingerprint density at radius 1 is 1.07 bits per heavy atom. The van der Waals surface area contributed by atoms with Gasteiger partial charge in [-0.15, -0.1) is 0 Å². The van der Waals surface area contributed by atoms with Crippen LogP contribution in [0.25, 0.3) is 0 Å². The third kappa shape index (κ3) is 6.16. The Hall–Kier alpha value is -0.980. The third-order valence-corrected chi connectivity index (χ3v) is 2.45. The van der Waals surface area contributed by atoms with Gasteiger partial charge in [-0.25, -0.2) is 0 Å². The molecular weight excluding hydrogens is 184 g/mol. The van der Waals surface area contributed by atoms with E-state index in [-0.39, 0.29) is 0 Å². The lowest BCUT2D eigenvalue weighted by Gasteiger charge is -2.05. The van der Waals surface area contributed by atoms with E-state index in [1.54, 1.807) is 12.1 Å². The molecule has 0 radical (unpaired) electrons. The molecule has 0 aliphatic rings. The van der Waals surface area contributed by atoms with Crippen LogP contribution in [0.3, 0.4) is 0 Å². The minimum Gasteiger partial charge on any atom is -0.494 e. The Morgan fingerprint density at radius 3 is 2.47 bits per heavy atom. The molecule has 0 atom stereocenters. The van der Waals surface area contributed by atoms with E-state index in [1.807, 2.05) is 12.1 Å². The minimum atomic E-state index is 0.534. The zero-order valence-electron chi connectivity index (χ0n) is 10.7. The van der Waals surface area contributed by atoms with Crippen LogP contribution in [0.2, 0.25) is 0 Å². The first kappa shape index (κ1) is 10.5. The van der Waals surface area contributed by atoms with Crippen molar-refractivity contribution in [3.63, 3.8) is 0 Å². The summed E-state index contributed by atoms with van der Waals surface area (Å²) in [5.74, 6) is 0.879. The lowest BCUT2D eigenvalue weighted by Crippen LogP contribution is -1.96. The van der Waals surface area contributed by atoms with Crippen molar-refractivity contribution < 1.29 is 6.11 Å². The highest BCUT2D eigenvalue weighted by Crippen LogP contribution is 2.10. The molecule has 1 nitrogen and oxygen atoms in total. The average Bonchev–Trinajstić information content (AvgIpc) is 2.30. The molecule has 0 heterocycles. The van der Waals surface area contributed by atoms with Gasteiger partial charge in [0.2, 0.25) is 0 Å². The fourth-order valence-electron chi connectivity index (χ4n) is 1.54. The molecule has 0 aromatic heterocycles. The van der Waals surface area contributed by atoms with Crippen molar-refractivity contribution in [3.05, 3.63) is 30.3 Å². The summed E-state index contributed by atoms with van der Waals surface area (Å²) in [7, 11) is 0. The molecular formula is C14H22O. The zero-order valence-corrected chi connectivity index (χ0v) is 9.67. The largest absolute Gasteiger partial charge is 0.494 e. The number of rotatable bonds is 8. The van der Waals surface area contributed by atoms with Crippen LogP contribution in [0.15, 0.2) is 30.3 Å². The Kier molecular flexibility index (Phi) is 5.86. The van der Waals surface area contributed by atoms with Gasteiger partial charge in [0.05, 0.1) is 7.98 Å². The first-order valence-corrected chi connectivity index (χ1v) is 6.02. The smallest absolute Gasteiger partial charge is 0.119 e. The van der Waals surface area contributed by atoms with Gasteiger partial charge in [-0.3, -0.25) is 0 Å². The van der Waals surface area contributed by atoms with Gasteiger partial charge in [0.25, 0.3) is 0 Å². The van der Waals surface area contributed by atoms with E-state index in [2.05, 4.69) is 6.92 Å². The van der Waals surface area contributed by atoms with E-state index in [9.17, 15) is 0 Å². The van der Waals surface area contributed by atoms with E-state index in [1.165, 1.54) is 32.1 Å². The standard InChI is InChI=1S/C14H22O/c1-2-3-4-5-6-10-13-15-14-11-8-7-9-12-14/h7-9,11-12H,2-6,10,13H2,1H3/i7D. The Balaban J connectivity index is 2.01. The summed E-state index contributed by atoms with van der Waals surface area (Å²) in [5.41, 5.74) is 0. The molecule has 0 aliphatic heterocycles. The van der Waals surface area contributed by atoms with Gasteiger partial charge in [-0.05, 0) is 18.6 Å². The van der Waals surface area contributed by atoms with E-state index in [0.717, 1.165) is 18.8 Å². The first-order chi connectivity index (χ1) is 7.83. The van der Waals surface area contributed by atoms with Crippen LogP contribution >= 0.6 is 0 Å². The van der Waals surface area contributed by atoms with Crippen LogP contribution in [-0.4, -0.2) is 6.61 Å². The van der Waals surface area contributed by atoms with E-state index in [0.29, 0.717) is 6.04 Å². The van der Waals surface area contributed by atoms with Gasteiger partial charge in [-0.1, -0.05) is 57.2 Å². The lowest BCUT2D eigenvalue weighted by atomic mass is 10.1. The molecule has 0 unspecified atom stereocenters. The van der Waals surface area contributed by atoms with Crippen molar-refractivity contribution in [2.45, 2.75) is 45.4 Å². The predicted molar refractivity (Wildman–Crippen MR) is 65.3 cm³/mol. The van der Waals surface area contributed by atoms with Crippen LogP contribution in [-0.2, 0) is 0 Å². The van der Waals surface area contributed by atoms with Crippen molar-refractivity contribution in [1.29, 1.82) is 0 Å². The maximum Gasteiger partial charge on any atom is 0.119 e. The van der Waals surface area contributed by atoms with Crippen molar-refractivity contribution in [2.75, 3.05) is 6.61 Å². The van der Waals surface area contributed by atoms with Crippen molar-refractivity contribution in [1.82, 2.24) is 0 Å². The fourth-order valence-corrected chi connectivity index (χ4v) is 1.54. The summed E-state index contributed by atoms with van der Waals surface area (Å²) in [6.45, 7) is 3.03. The molecule has 0 bridgehead atoms. The Morgan fingerprint density at radius 2 is 1.73 bits per heavy atom. The molecule has 0 saturated carbocycles. The van der Waals surface area contributed by atoms with Crippen LogP contribution in [0.1, 0.15) is 46.8 Å². The molecule has 1 aromatic rings. The summed E-state index contributed by atoms with van der Waals surface area (Å²) < 4.78 is 12.9. The molecule has 84 valence electrons. The quantitative estimate of drug-likeness (QED) is 0.573. The molecule has 0 N–H and O–H groups in total. The zero-order chi connectivity index (χ0) is 11.6. The monoisotopic (exact) mass is 207 g/mol. The van der Waals surface area contributed by atoms with Crippen molar-refractivity contribution >= 4 is 0 Å². The van der Waals surface area contributed by atoms with E-state index >= 15 is 0 Å². The first-order valence-electron chi connectivity index (χ1n) is 6.52. The number of hydrogen-bond acceptors (Lipinski definition) is 1. The number of benzene rings is 1. The summed E-state index contributed by atoms with van der Waals surface area (Å²) in [6.07, 6.45) is 7.72. The second-order valence-electron chi connectivity index (χ2n) is 3.85. The SMILES string of the molecule is [2H]c1ccc(OCCCCCCCC)cc1. The van der Waals surface area contributed by atoms with Crippen LogP contribution in [0.4, 0.5) is 0 Å². The van der Waals surface area contributed by atoms with Crippen LogP contribution in [0.5, 0.6) is 5.75 Å². The number of unbranched alkanes of at least 4 members (excludes halogenated alkanes) is 5. The Bertz CT molecular complexity index is 269. The average molecular weight is 207 g/mol. The number of ether oxygens (including phenoxy) is 1. The molecule has 0 aliphatic carbocycles. The maximum absolute atomic E-state index is 7.34. The normalized spacial score (nSPS) is 11.1. The molecule has 1 rings (SSSR count). The summed E-state index contributed by atoms with van der Waals surface area (Å²) in [5, 5.41) is 0. The van der Waals surface area contributed by atoms with Crippen molar-refractivity contribution in [3.8, 4) is 5.75 Å². The highest BCUT2D eigenvalue weighted by Gasteiger charge is 1.92. The van der Waals surface area contributed by atoms with Gasteiger partial charge in [0, 0.05) is 0 Å². The molecule has 15 heavy (non-hydrogen) atoms. The van der Waals surface area contributed by atoms with Crippen LogP contribution in [0, 0.1) is 0 Å². The Labute approximate surface area is 94.9 Å². The summed E-state index contributed by atoms with van der Waals surface area (Å²) in [6, 6.07) is 7.78. The minimum absolute atomic E-state index is 0.534. The predicted octanol–water partition coefficient (Wildman–Crippen LogP) is 4.43. The maximum atomic E-state index is 7.34.